The molecule has 0 unspecified atom stereocenters. The zero-order valence-electron chi connectivity index (χ0n) is 9.09. The molecule has 0 rings (SSSR count). The highest BCUT2D eigenvalue weighted by Crippen LogP contribution is 2.10. The smallest absolute Gasteiger partial charge is 0.387 e. The van der Waals surface area contributed by atoms with Crippen LogP contribution in [0.2, 0.25) is 0 Å². The first kappa shape index (κ1) is 16.2. The minimum atomic E-state index is -3.13. The highest BCUT2D eigenvalue weighted by molar-refractivity contribution is 4.46. The number of rotatable bonds is 11. The van der Waals surface area contributed by atoms with E-state index in [2.05, 4.69) is 14.4 Å². The fourth-order valence-corrected chi connectivity index (χ4v) is 0.788. The summed E-state index contributed by atoms with van der Waals surface area (Å²) < 4.78 is 9.39. The van der Waals surface area contributed by atoms with Crippen molar-refractivity contribution in [1.29, 1.82) is 0 Å². The molecule has 0 fully saturated rings. The molecule has 12 heteroatoms. The van der Waals surface area contributed by atoms with E-state index in [0.717, 1.165) is 0 Å². The van der Waals surface area contributed by atoms with Gasteiger partial charge in [0.2, 0.25) is 0 Å². The van der Waals surface area contributed by atoms with E-state index in [1.165, 1.54) is 0 Å². The number of hydrogen-bond acceptors (Lipinski definition) is 10. The Morgan fingerprint density at radius 1 is 1.00 bits per heavy atom. The van der Waals surface area contributed by atoms with Crippen molar-refractivity contribution in [2.24, 2.45) is 0 Å². The summed E-state index contributed by atoms with van der Waals surface area (Å²) in [6, 6.07) is 0. The van der Waals surface area contributed by atoms with Gasteiger partial charge in [0.1, 0.15) is 6.61 Å². The Labute approximate surface area is 99.8 Å². The molecular formula is C6H12N2O10. The minimum Gasteiger partial charge on any atom is -0.394 e. The Morgan fingerprint density at radius 3 is 1.94 bits per heavy atom. The number of hydrogen-bond donors (Lipinski definition) is 2. The van der Waals surface area contributed by atoms with Crippen LogP contribution in [0.3, 0.4) is 0 Å². The molecule has 106 valence electrons. The molecule has 0 bridgehead atoms. The highest BCUT2D eigenvalue weighted by Gasteiger charge is 2.37. The SMILES string of the molecule is O=[N+]([O-])OC(O)(COCCOCCO)O[N+](=O)[O-]. The normalized spacial score (nSPS) is 11.0. The quantitative estimate of drug-likeness (QED) is 0.187. The molecule has 0 spiro atoms. The molecule has 0 atom stereocenters. The summed E-state index contributed by atoms with van der Waals surface area (Å²) in [7, 11) is 0. The second-order valence-electron chi connectivity index (χ2n) is 2.73. The molecular weight excluding hydrogens is 260 g/mol. The molecule has 0 aliphatic rings. The summed E-state index contributed by atoms with van der Waals surface area (Å²) in [4.78, 5) is 27.1. The predicted octanol–water partition coefficient (Wildman–Crippen LogP) is -1.93. The summed E-state index contributed by atoms with van der Waals surface area (Å²) in [5.74, 6) is -3.13. The molecule has 0 radical (unpaired) electrons. The van der Waals surface area contributed by atoms with Crippen LogP contribution in [0, 0.1) is 20.2 Å². The van der Waals surface area contributed by atoms with E-state index in [1.807, 2.05) is 0 Å². The molecule has 0 aromatic heterocycles. The van der Waals surface area contributed by atoms with E-state index in [0.29, 0.717) is 0 Å². The summed E-state index contributed by atoms with van der Waals surface area (Å²) in [5.41, 5.74) is 0. The predicted molar refractivity (Wildman–Crippen MR) is 49.8 cm³/mol. The van der Waals surface area contributed by atoms with E-state index in [-0.39, 0.29) is 26.4 Å². The van der Waals surface area contributed by atoms with Gasteiger partial charge in [-0.25, -0.2) is 9.68 Å². The molecule has 0 aliphatic carbocycles. The average molecular weight is 272 g/mol. The molecule has 0 saturated carbocycles. The number of nitrogens with zero attached hydrogens (tertiary/aromatic N) is 2. The van der Waals surface area contributed by atoms with Crippen LogP contribution in [0.5, 0.6) is 0 Å². The van der Waals surface area contributed by atoms with E-state index in [9.17, 15) is 25.3 Å². The third kappa shape index (κ3) is 8.40. The van der Waals surface area contributed by atoms with Crippen molar-refractivity contribution in [3.63, 3.8) is 0 Å². The molecule has 2 N–H and O–H groups in total. The van der Waals surface area contributed by atoms with Crippen LogP contribution < -0.4 is 0 Å². The van der Waals surface area contributed by atoms with Crippen LogP contribution >= 0.6 is 0 Å². The van der Waals surface area contributed by atoms with Crippen LogP contribution in [-0.4, -0.2) is 59.4 Å². The van der Waals surface area contributed by atoms with Crippen molar-refractivity contribution in [1.82, 2.24) is 0 Å². The number of ether oxygens (including phenoxy) is 2. The lowest BCUT2D eigenvalue weighted by atomic mass is 10.6. The van der Waals surface area contributed by atoms with Crippen molar-refractivity contribution in [3.8, 4) is 0 Å². The van der Waals surface area contributed by atoms with E-state index < -0.39 is 22.8 Å². The minimum absolute atomic E-state index is 0.00751. The zero-order chi connectivity index (χ0) is 14.0. The molecule has 0 amide bonds. The Kier molecular flexibility index (Phi) is 7.53. The van der Waals surface area contributed by atoms with E-state index >= 15 is 0 Å². The second-order valence-corrected chi connectivity index (χ2v) is 2.73. The van der Waals surface area contributed by atoms with Gasteiger partial charge in [0, 0.05) is 0 Å². The van der Waals surface area contributed by atoms with Gasteiger partial charge in [0.15, 0.2) is 0 Å². The van der Waals surface area contributed by atoms with Crippen molar-refractivity contribution < 1.29 is 39.5 Å². The maximum atomic E-state index is 9.98. The third-order valence-electron chi connectivity index (χ3n) is 1.33. The van der Waals surface area contributed by atoms with Gasteiger partial charge in [-0.1, -0.05) is 0 Å². The average Bonchev–Trinajstić information content (AvgIpc) is 2.20. The first-order valence-corrected chi connectivity index (χ1v) is 4.55. The maximum absolute atomic E-state index is 9.98. The summed E-state index contributed by atoms with van der Waals surface area (Å²) in [5, 5.41) is 34.6. The van der Waals surface area contributed by atoms with Crippen LogP contribution in [0.15, 0.2) is 0 Å². The molecule has 0 aromatic carbocycles. The largest absolute Gasteiger partial charge is 0.394 e. The zero-order valence-corrected chi connectivity index (χ0v) is 9.09. The monoisotopic (exact) mass is 272 g/mol. The van der Waals surface area contributed by atoms with E-state index in [4.69, 9.17) is 9.84 Å². The summed E-state index contributed by atoms with van der Waals surface area (Å²) in [6.45, 7) is -1.25. The third-order valence-corrected chi connectivity index (χ3v) is 1.33. The Balaban J connectivity index is 4.01. The molecule has 0 aromatic rings. The van der Waals surface area contributed by atoms with E-state index in [1.54, 1.807) is 0 Å². The van der Waals surface area contributed by atoms with Gasteiger partial charge in [0.25, 0.3) is 10.2 Å². The van der Waals surface area contributed by atoms with Gasteiger partial charge in [-0.15, -0.1) is 20.2 Å². The van der Waals surface area contributed by atoms with Gasteiger partial charge in [-0.05, 0) is 0 Å². The first-order chi connectivity index (χ1) is 8.39. The van der Waals surface area contributed by atoms with Crippen molar-refractivity contribution >= 4 is 0 Å². The lowest BCUT2D eigenvalue weighted by molar-refractivity contribution is -0.894. The Bertz CT molecular complexity index is 255. The molecule has 12 nitrogen and oxygen atoms in total. The van der Waals surface area contributed by atoms with Crippen molar-refractivity contribution in [2.75, 3.05) is 33.0 Å². The van der Waals surface area contributed by atoms with Crippen molar-refractivity contribution in [3.05, 3.63) is 20.2 Å². The Morgan fingerprint density at radius 2 is 1.50 bits per heavy atom. The van der Waals surface area contributed by atoms with Gasteiger partial charge >= 0.3 is 5.97 Å². The van der Waals surface area contributed by atoms with Crippen molar-refractivity contribution in [2.45, 2.75) is 5.97 Å². The maximum Gasteiger partial charge on any atom is 0.387 e. The molecule has 0 heterocycles. The lowest BCUT2D eigenvalue weighted by Gasteiger charge is -2.21. The van der Waals surface area contributed by atoms with Gasteiger partial charge in [-0.2, -0.15) is 0 Å². The summed E-state index contributed by atoms with van der Waals surface area (Å²) in [6.07, 6.45) is 0. The standard InChI is InChI=1S/C6H12N2O10/c9-1-2-15-3-4-16-5-6(10,17-7(11)12)18-8(13)14/h9-10H,1-5H2. The van der Waals surface area contributed by atoms with Crippen LogP contribution in [0.25, 0.3) is 0 Å². The topological polar surface area (TPSA) is 164 Å². The number of aliphatic hydroxyl groups excluding tert-OH is 1. The molecule has 0 aliphatic heterocycles. The van der Waals surface area contributed by atoms with Gasteiger partial charge in [-0.3, -0.25) is 0 Å². The fourth-order valence-electron chi connectivity index (χ4n) is 0.788. The second kappa shape index (κ2) is 8.35. The first-order valence-electron chi connectivity index (χ1n) is 4.55. The highest BCUT2D eigenvalue weighted by atomic mass is 17.1. The fraction of sp³-hybridized carbons (Fsp3) is 1.00. The number of aliphatic hydroxyl groups is 2. The molecule has 0 saturated heterocycles. The van der Waals surface area contributed by atoms with Crippen LogP contribution in [0.1, 0.15) is 0 Å². The summed E-state index contributed by atoms with van der Waals surface area (Å²) >= 11 is 0. The van der Waals surface area contributed by atoms with Crippen LogP contribution in [0.4, 0.5) is 0 Å². The molecule has 18 heavy (non-hydrogen) atoms. The Hall–Kier alpha value is -1.76. The van der Waals surface area contributed by atoms with Crippen LogP contribution in [-0.2, 0) is 19.1 Å². The van der Waals surface area contributed by atoms with Gasteiger partial charge in [0.05, 0.1) is 26.4 Å². The lowest BCUT2D eigenvalue weighted by Crippen LogP contribution is -2.44. The van der Waals surface area contributed by atoms with Gasteiger partial charge < -0.3 is 19.7 Å².